The minimum Gasteiger partial charge on any atom is -0.494 e. The van der Waals surface area contributed by atoms with Crippen molar-refractivity contribution < 1.29 is 17.9 Å². The molecule has 1 amide bonds. The lowest BCUT2D eigenvalue weighted by Crippen LogP contribution is -2.54. The number of amides is 1. The van der Waals surface area contributed by atoms with Gasteiger partial charge in [-0.3, -0.25) is 9.10 Å². The summed E-state index contributed by atoms with van der Waals surface area (Å²) in [5.74, 6) is 0.491. The Bertz CT molecular complexity index is 682. The molecule has 1 saturated heterocycles. The summed E-state index contributed by atoms with van der Waals surface area (Å²) in [4.78, 5) is 16.7. The van der Waals surface area contributed by atoms with Gasteiger partial charge in [0.2, 0.25) is 15.9 Å². The molecule has 8 heteroatoms. The van der Waals surface area contributed by atoms with Crippen LogP contribution in [0, 0.1) is 0 Å². The molecular weight excluding hydrogens is 342 g/mol. The SMILES string of the molecule is CCOc1ccc(N([C@H](C)C(=O)N2CCN(C)CC2)S(C)(=O)=O)cc1. The first kappa shape index (κ1) is 19.5. The summed E-state index contributed by atoms with van der Waals surface area (Å²) >= 11 is 0. The second-order valence-corrected chi connectivity index (χ2v) is 8.15. The molecule has 0 bridgehead atoms. The number of anilines is 1. The lowest BCUT2D eigenvalue weighted by atomic mass is 10.2. The Morgan fingerprint density at radius 1 is 1.20 bits per heavy atom. The maximum atomic E-state index is 12.8. The van der Waals surface area contributed by atoms with E-state index in [1.165, 1.54) is 4.31 Å². The van der Waals surface area contributed by atoms with Crippen LogP contribution in [0.4, 0.5) is 5.69 Å². The van der Waals surface area contributed by atoms with Gasteiger partial charge in [-0.15, -0.1) is 0 Å². The van der Waals surface area contributed by atoms with Crippen LogP contribution in [0.2, 0.25) is 0 Å². The quantitative estimate of drug-likeness (QED) is 0.749. The van der Waals surface area contributed by atoms with Crippen molar-refractivity contribution >= 4 is 21.6 Å². The summed E-state index contributed by atoms with van der Waals surface area (Å²) < 4.78 is 31.3. The molecule has 1 aliphatic rings. The first-order chi connectivity index (χ1) is 11.7. The van der Waals surface area contributed by atoms with Gasteiger partial charge in [-0.1, -0.05) is 0 Å². The molecule has 1 atom stereocenters. The number of piperazine rings is 1. The van der Waals surface area contributed by atoms with E-state index in [0.29, 0.717) is 31.1 Å². The normalized spacial score (nSPS) is 17.2. The van der Waals surface area contributed by atoms with Crippen LogP contribution in [0.5, 0.6) is 5.75 Å². The fraction of sp³-hybridized carbons (Fsp3) is 0.588. The largest absolute Gasteiger partial charge is 0.494 e. The van der Waals surface area contributed by atoms with Gasteiger partial charge in [0, 0.05) is 26.2 Å². The molecular formula is C17H27N3O4S. The van der Waals surface area contributed by atoms with Gasteiger partial charge in [0.15, 0.2) is 0 Å². The van der Waals surface area contributed by atoms with E-state index >= 15 is 0 Å². The summed E-state index contributed by atoms with van der Waals surface area (Å²) in [6.07, 6.45) is 1.12. The maximum absolute atomic E-state index is 12.8. The van der Waals surface area contributed by atoms with E-state index in [9.17, 15) is 13.2 Å². The van der Waals surface area contributed by atoms with Crippen molar-refractivity contribution in [3.8, 4) is 5.75 Å². The van der Waals surface area contributed by atoms with Crippen LogP contribution in [-0.2, 0) is 14.8 Å². The number of nitrogens with zero attached hydrogens (tertiary/aromatic N) is 3. The molecule has 1 fully saturated rings. The molecule has 1 aliphatic heterocycles. The van der Waals surface area contributed by atoms with Crippen molar-refractivity contribution in [1.29, 1.82) is 0 Å². The highest BCUT2D eigenvalue weighted by Crippen LogP contribution is 2.24. The fourth-order valence-electron chi connectivity index (χ4n) is 2.95. The zero-order valence-electron chi connectivity index (χ0n) is 15.3. The molecule has 0 radical (unpaired) electrons. The molecule has 7 nitrogen and oxygen atoms in total. The van der Waals surface area contributed by atoms with Gasteiger partial charge in [0.25, 0.3) is 0 Å². The molecule has 0 aliphatic carbocycles. The Kier molecular flexibility index (Phi) is 6.29. The summed E-state index contributed by atoms with van der Waals surface area (Å²) in [6.45, 7) is 6.86. The number of hydrogen-bond donors (Lipinski definition) is 0. The molecule has 0 unspecified atom stereocenters. The zero-order chi connectivity index (χ0) is 18.6. The van der Waals surface area contributed by atoms with Gasteiger partial charge in [-0.05, 0) is 45.2 Å². The van der Waals surface area contributed by atoms with E-state index in [1.807, 2.05) is 14.0 Å². The molecule has 0 aromatic heterocycles. The van der Waals surface area contributed by atoms with Crippen molar-refractivity contribution in [2.24, 2.45) is 0 Å². The zero-order valence-corrected chi connectivity index (χ0v) is 16.1. The van der Waals surface area contributed by atoms with E-state index in [4.69, 9.17) is 4.74 Å². The Morgan fingerprint density at radius 3 is 2.24 bits per heavy atom. The standard InChI is InChI=1S/C17H27N3O4S/c1-5-24-16-8-6-15(7-9-16)20(25(4,22)23)14(2)17(21)19-12-10-18(3)11-13-19/h6-9,14H,5,10-13H2,1-4H3/t14-/m1/s1. The second-order valence-electron chi connectivity index (χ2n) is 6.29. The minimum absolute atomic E-state index is 0.174. The van der Waals surface area contributed by atoms with Crippen LogP contribution in [0.25, 0.3) is 0 Å². The molecule has 1 aromatic rings. The van der Waals surface area contributed by atoms with Gasteiger partial charge < -0.3 is 14.5 Å². The summed E-state index contributed by atoms with van der Waals surface area (Å²) in [5, 5.41) is 0. The van der Waals surface area contributed by atoms with Crippen molar-refractivity contribution in [1.82, 2.24) is 9.80 Å². The summed E-state index contributed by atoms with van der Waals surface area (Å²) in [7, 11) is -1.59. The number of sulfonamides is 1. The van der Waals surface area contributed by atoms with Crippen molar-refractivity contribution in [3.63, 3.8) is 0 Å². The highest BCUT2D eigenvalue weighted by molar-refractivity contribution is 7.92. The van der Waals surface area contributed by atoms with Gasteiger partial charge >= 0.3 is 0 Å². The average Bonchev–Trinajstić information content (AvgIpc) is 2.55. The third-order valence-corrected chi connectivity index (χ3v) is 5.53. The lowest BCUT2D eigenvalue weighted by molar-refractivity contribution is -0.133. The molecule has 140 valence electrons. The molecule has 0 spiro atoms. The number of rotatable bonds is 6. The van der Waals surface area contributed by atoms with Crippen molar-refractivity contribution in [2.45, 2.75) is 19.9 Å². The topological polar surface area (TPSA) is 70.2 Å². The van der Waals surface area contributed by atoms with Crippen LogP contribution < -0.4 is 9.04 Å². The van der Waals surface area contributed by atoms with E-state index in [0.717, 1.165) is 19.3 Å². The second kappa shape index (κ2) is 8.05. The van der Waals surface area contributed by atoms with Gasteiger partial charge in [-0.2, -0.15) is 0 Å². The monoisotopic (exact) mass is 369 g/mol. The minimum atomic E-state index is -3.60. The van der Waals surface area contributed by atoms with Crippen LogP contribution in [0.3, 0.4) is 0 Å². The number of likely N-dealkylation sites (N-methyl/N-ethyl adjacent to an activating group) is 1. The van der Waals surface area contributed by atoms with Crippen molar-refractivity contribution in [2.75, 3.05) is 50.4 Å². The predicted molar refractivity (Wildman–Crippen MR) is 98.5 cm³/mol. The lowest BCUT2D eigenvalue weighted by Gasteiger charge is -2.36. The molecule has 2 rings (SSSR count). The third kappa shape index (κ3) is 4.85. The van der Waals surface area contributed by atoms with Crippen LogP contribution in [-0.4, -0.2) is 76.3 Å². The number of carbonyl (C=O) groups is 1. The first-order valence-corrected chi connectivity index (χ1v) is 10.3. The Morgan fingerprint density at radius 2 is 1.76 bits per heavy atom. The molecule has 25 heavy (non-hydrogen) atoms. The molecule has 0 saturated carbocycles. The molecule has 1 aromatic carbocycles. The maximum Gasteiger partial charge on any atom is 0.246 e. The van der Waals surface area contributed by atoms with E-state index < -0.39 is 16.1 Å². The van der Waals surface area contributed by atoms with Gasteiger partial charge in [0.1, 0.15) is 11.8 Å². The van der Waals surface area contributed by atoms with Gasteiger partial charge in [0.05, 0.1) is 18.6 Å². The van der Waals surface area contributed by atoms with Crippen molar-refractivity contribution in [3.05, 3.63) is 24.3 Å². The average molecular weight is 369 g/mol. The highest BCUT2D eigenvalue weighted by Gasteiger charge is 2.32. The number of hydrogen-bond acceptors (Lipinski definition) is 5. The Hall–Kier alpha value is -1.80. The summed E-state index contributed by atoms with van der Waals surface area (Å²) in [5.41, 5.74) is 0.459. The van der Waals surface area contributed by atoms with E-state index in [2.05, 4.69) is 4.90 Å². The third-order valence-electron chi connectivity index (χ3n) is 4.28. The van der Waals surface area contributed by atoms with E-state index in [1.54, 1.807) is 36.1 Å². The number of ether oxygens (including phenoxy) is 1. The molecule has 0 N–H and O–H groups in total. The smallest absolute Gasteiger partial charge is 0.246 e. The van der Waals surface area contributed by atoms with Gasteiger partial charge in [-0.25, -0.2) is 8.42 Å². The van der Waals surface area contributed by atoms with Crippen LogP contribution in [0.15, 0.2) is 24.3 Å². The number of benzene rings is 1. The number of carbonyl (C=O) groups excluding carboxylic acids is 1. The first-order valence-electron chi connectivity index (χ1n) is 8.43. The van der Waals surface area contributed by atoms with Crippen LogP contribution in [0.1, 0.15) is 13.8 Å². The Balaban J connectivity index is 2.23. The Labute approximate surface area is 150 Å². The summed E-state index contributed by atoms with van der Waals surface area (Å²) in [6, 6.07) is 5.96. The van der Waals surface area contributed by atoms with Crippen LogP contribution >= 0.6 is 0 Å². The van der Waals surface area contributed by atoms with E-state index in [-0.39, 0.29) is 5.91 Å². The fourth-order valence-corrected chi connectivity index (χ4v) is 4.12. The highest BCUT2D eigenvalue weighted by atomic mass is 32.2. The predicted octanol–water partition coefficient (Wildman–Crippen LogP) is 1.01. The molecule has 1 heterocycles.